The molecule has 0 atom stereocenters. The van der Waals surface area contributed by atoms with E-state index >= 15 is 0 Å². The van der Waals surface area contributed by atoms with E-state index in [9.17, 15) is 18.0 Å². The molecule has 2 aromatic carbocycles. The van der Waals surface area contributed by atoms with Gasteiger partial charge in [-0.2, -0.15) is 0 Å². The summed E-state index contributed by atoms with van der Waals surface area (Å²) in [4.78, 5) is 25.6. The molecule has 4 rings (SSSR count). The predicted octanol–water partition coefficient (Wildman–Crippen LogP) is 3.20. The van der Waals surface area contributed by atoms with E-state index in [1.54, 1.807) is 24.3 Å². The van der Waals surface area contributed by atoms with Crippen LogP contribution in [0, 0.1) is 6.92 Å². The zero-order chi connectivity index (χ0) is 21.3. The molecule has 156 valence electrons. The predicted molar refractivity (Wildman–Crippen MR) is 115 cm³/mol. The van der Waals surface area contributed by atoms with Gasteiger partial charge in [0.2, 0.25) is 15.7 Å². The fourth-order valence-corrected chi connectivity index (χ4v) is 5.44. The van der Waals surface area contributed by atoms with E-state index < -0.39 is 15.4 Å². The third-order valence-electron chi connectivity index (χ3n) is 5.58. The standard InChI is InChI=1S/C23H24N2O4S/c1-16-11-12-20-17(13-16)14-21(30(28,29)19-9-3-2-4-10-19)23(27)25(20)15-22(26)24-18-7-5-6-8-18/h2-4,9-14,18H,5-8,15H2,1H3,(H,24,26). The molecule has 30 heavy (non-hydrogen) atoms. The van der Waals surface area contributed by atoms with Gasteiger partial charge in [-0.3, -0.25) is 14.2 Å². The molecule has 0 spiro atoms. The van der Waals surface area contributed by atoms with Crippen molar-refractivity contribution in [2.24, 2.45) is 0 Å². The fourth-order valence-electron chi connectivity index (χ4n) is 4.04. The summed E-state index contributed by atoms with van der Waals surface area (Å²) >= 11 is 0. The third-order valence-corrected chi connectivity index (χ3v) is 7.35. The van der Waals surface area contributed by atoms with Crippen molar-refractivity contribution in [1.29, 1.82) is 0 Å². The second-order valence-electron chi connectivity index (χ2n) is 7.83. The Balaban J connectivity index is 1.83. The summed E-state index contributed by atoms with van der Waals surface area (Å²) in [6, 6.07) is 14.8. The van der Waals surface area contributed by atoms with Crippen LogP contribution >= 0.6 is 0 Å². The Morgan fingerprint density at radius 3 is 2.47 bits per heavy atom. The van der Waals surface area contributed by atoms with Gasteiger partial charge in [-0.05, 0) is 50.1 Å². The maximum atomic E-state index is 13.3. The lowest BCUT2D eigenvalue weighted by molar-refractivity contribution is -0.122. The molecule has 0 saturated heterocycles. The largest absolute Gasteiger partial charge is 0.352 e. The molecule has 6 nitrogen and oxygen atoms in total. The van der Waals surface area contributed by atoms with Crippen molar-refractivity contribution >= 4 is 26.6 Å². The number of benzene rings is 2. The minimum atomic E-state index is -4.02. The quantitative estimate of drug-likeness (QED) is 0.682. The molecule has 0 unspecified atom stereocenters. The third kappa shape index (κ3) is 3.89. The first-order valence-electron chi connectivity index (χ1n) is 10.1. The minimum absolute atomic E-state index is 0.0519. The van der Waals surface area contributed by atoms with Crippen molar-refractivity contribution in [3.8, 4) is 0 Å². The number of fused-ring (bicyclic) bond motifs is 1. The van der Waals surface area contributed by atoms with Crippen molar-refractivity contribution in [2.75, 3.05) is 0 Å². The maximum absolute atomic E-state index is 13.3. The zero-order valence-electron chi connectivity index (χ0n) is 16.8. The van der Waals surface area contributed by atoms with E-state index in [2.05, 4.69) is 5.32 Å². The molecule has 3 aromatic rings. The molecule has 1 heterocycles. The second-order valence-corrected chi connectivity index (χ2v) is 9.75. The Hall–Kier alpha value is -2.93. The Kier molecular flexibility index (Phi) is 5.47. The van der Waals surface area contributed by atoms with Crippen LogP contribution in [-0.4, -0.2) is 24.9 Å². The van der Waals surface area contributed by atoms with Gasteiger partial charge in [0.05, 0.1) is 10.4 Å². The zero-order valence-corrected chi connectivity index (χ0v) is 17.6. The topological polar surface area (TPSA) is 85.2 Å². The number of nitrogens with zero attached hydrogens (tertiary/aromatic N) is 1. The molecule has 1 saturated carbocycles. The van der Waals surface area contributed by atoms with E-state index in [4.69, 9.17) is 0 Å². The van der Waals surface area contributed by atoms with Crippen LogP contribution in [0.5, 0.6) is 0 Å². The fraction of sp³-hybridized carbons (Fsp3) is 0.304. The molecular formula is C23H24N2O4S. The first kappa shape index (κ1) is 20.3. The van der Waals surface area contributed by atoms with Crippen molar-refractivity contribution in [2.45, 2.75) is 55.0 Å². The van der Waals surface area contributed by atoms with Gasteiger partial charge in [0.1, 0.15) is 11.4 Å². The van der Waals surface area contributed by atoms with Crippen LogP contribution in [-0.2, 0) is 21.2 Å². The lowest BCUT2D eigenvalue weighted by atomic mass is 10.1. The number of sulfone groups is 1. The van der Waals surface area contributed by atoms with Crippen LogP contribution in [0.2, 0.25) is 0 Å². The highest BCUT2D eigenvalue weighted by Crippen LogP contribution is 2.23. The van der Waals surface area contributed by atoms with E-state index in [0.29, 0.717) is 10.9 Å². The van der Waals surface area contributed by atoms with Crippen LogP contribution in [0.25, 0.3) is 10.9 Å². The van der Waals surface area contributed by atoms with Crippen LogP contribution in [0.4, 0.5) is 0 Å². The molecular weight excluding hydrogens is 400 g/mol. The van der Waals surface area contributed by atoms with E-state index in [0.717, 1.165) is 31.2 Å². The summed E-state index contributed by atoms with van der Waals surface area (Å²) in [5, 5.41) is 3.58. The molecule has 1 aliphatic rings. The number of pyridine rings is 1. The van der Waals surface area contributed by atoms with Gasteiger partial charge in [0.15, 0.2) is 0 Å². The monoisotopic (exact) mass is 424 g/mol. The average Bonchev–Trinajstić information content (AvgIpc) is 3.23. The first-order valence-corrected chi connectivity index (χ1v) is 11.6. The lowest BCUT2D eigenvalue weighted by Gasteiger charge is -2.16. The SMILES string of the molecule is Cc1ccc2c(c1)cc(S(=O)(=O)c1ccccc1)c(=O)n2CC(=O)NC1CCCC1. The summed E-state index contributed by atoms with van der Waals surface area (Å²) in [6.45, 7) is 1.68. The number of hydrogen-bond donors (Lipinski definition) is 1. The van der Waals surface area contributed by atoms with E-state index in [1.807, 2.05) is 19.1 Å². The van der Waals surface area contributed by atoms with Gasteiger partial charge in [0.25, 0.3) is 5.56 Å². The second kappa shape index (κ2) is 8.07. The Morgan fingerprint density at radius 2 is 1.77 bits per heavy atom. The number of nitrogens with one attached hydrogen (secondary N) is 1. The lowest BCUT2D eigenvalue weighted by Crippen LogP contribution is -2.38. The molecule has 1 fully saturated rings. The maximum Gasteiger partial charge on any atom is 0.270 e. The number of rotatable bonds is 5. The van der Waals surface area contributed by atoms with Crippen LogP contribution in [0.15, 0.2) is 69.2 Å². The molecule has 1 amide bonds. The van der Waals surface area contributed by atoms with Crippen LogP contribution in [0.3, 0.4) is 0 Å². The molecule has 1 aromatic heterocycles. The van der Waals surface area contributed by atoms with Gasteiger partial charge in [-0.15, -0.1) is 0 Å². The summed E-state index contributed by atoms with van der Waals surface area (Å²) in [7, 11) is -4.02. The van der Waals surface area contributed by atoms with Crippen LogP contribution < -0.4 is 10.9 Å². The number of carbonyl (C=O) groups excluding carboxylic acids is 1. The highest BCUT2D eigenvalue weighted by molar-refractivity contribution is 7.91. The van der Waals surface area contributed by atoms with Crippen molar-refractivity contribution in [3.63, 3.8) is 0 Å². The summed E-state index contributed by atoms with van der Waals surface area (Å²) in [6.07, 6.45) is 4.03. The van der Waals surface area contributed by atoms with Crippen molar-refractivity contribution in [1.82, 2.24) is 9.88 Å². The Bertz CT molecular complexity index is 1260. The number of hydrogen-bond acceptors (Lipinski definition) is 4. The first-order chi connectivity index (χ1) is 14.4. The number of carbonyl (C=O) groups is 1. The molecule has 0 bridgehead atoms. The number of aryl methyl sites for hydroxylation is 1. The molecule has 0 radical (unpaired) electrons. The van der Waals surface area contributed by atoms with Crippen molar-refractivity contribution < 1.29 is 13.2 Å². The Morgan fingerprint density at radius 1 is 1.07 bits per heavy atom. The summed E-state index contributed by atoms with van der Waals surface area (Å²) in [5.74, 6) is -0.278. The van der Waals surface area contributed by atoms with Gasteiger partial charge < -0.3 is 5.32 Å². The summed E-state index contributed by atoms with van der Waals surface area (Å²) in [5.41, 5.74) is 0.794. The Labute approximate surface area is 175 Å². The molecule has 0 aliphatic heterocycles. The van der Waals surface area contributed by atoms with Crippen LogP contribution in [0.1, 0.15) is 31.2 Å². The van der Waals surface area contributed by atoms with Gasteiger partial charge in [0, 0.05) is 11.4 Å². The number of amides is 1. The summed E-state index contributed by atoms with van der Waals surface area (Å²) < 4.78 is 27.6. The molecule has 1 aliphatic carbocycles. The minimum Gasteiger partial charge on any atom is -0.352 e. The van der Waals surface area contributed by atoms with E-state index in [-0.39, 0.29) is 28.3 Å². The van der Waals surface area contributed by atoms with Gasteiger partial charge in [-0.25, -0.2) is 8.42 Å². The molecule has 7 heteroatoms. The molecule has 1 N–H and O–H groups in total. The van der Waals surface area contributed by atoms with Gasteiger partial charge in [-0.1, -0.05) is 42.7 Å². The van der Waals surface area contributed by atoms with E-state index in [1.165, 1.54) is 22.8 Å². The van der Waals surface area contributed by atoms with Gasteiger partial charge >= 0.3 is 0 Å². The highest BCUT2D eigenvalue weighted by Gasteiger charge is 2.25. The smallest absolute Gasteiger partial charge is 0.270 e. The highest BCUT2D eigenvalue weighted by atomic mass is 32.2. The average molecular weight is 425 g/mol. The van der Waals surface area contributed by atoms with Crippen molar-refractivity contribution in [3.05, 3.63) is 70.5 Å². The normalized spacial score (nSPS) is 14.8. The number of aromatic nitrogens is 1.